The Morgan fingerprint density at radius 3 is 1.91 bits per heavy atom. The Hall–Kier alpha value is -1.10. The lowest BCUT2D eigenvalue weighted by Gasteiger charge is -1.90. The SMILES string of the molecule is O=C(O)C(=C/C=C\Br)C(=O)O. The van der Waals surface area contributed by atoms with Gasteiger partial charge in [-0.15, -0.1) is 0 Å². The molecule has 5 heteroatoms. The number of halogens is 1. The second-order valence-electron chi connectivity index (χ2n) is 1.51. The number of carbonyl (C=O) groups is 2. The van der Waals surface area contributed by atoms with Crippen molar-refractivity contribution in [1.29, 1.82) is 0 Å². The maximum atomic E-state index is 10.1. The van der Waals surface area contributed by atoms with Crippen LogP contribution in [0.1, 0.15) is 0 Å². The second kappa shape index (κ2) is 4.68. The van der Waals surface area contributed by atoms with Gasteiger partial charge in [0.1, 0.15) is 5.57 Å². The van der Waals surface area contributed by atoms with Gasteiger partial charge in [0.05, 0.1) is 0 Å². The molecule has 0 rings (SSSR count). The third-order valence-corrected chi connectivity index (χ3v) is 1.10. The molecule has 0 aromatic carbocycles. The monoisotopic (exact) mass is 220 g/mol. The van der Waals surface area contributed by atoms with Gasteiger partial charge in [-0.3, -0.25) is 0 Å². The highest BCUT2D eigenvalue weighted by Crippen LogP contribution is 1.96. The maximum absolute atomic E-state index is 10.1. The molecule has 0 atom stereocenters. The quantitative estimate of drug-likeness (QED) is 0.322. The lowest BCUT2D eigenvalue weighted by atomic mass is 10.2. The van der Waals surface area contributed by atoms with Gasteiger partial charge in [-0.1, -0.05) is 22.0 Å². The first kappa shape index (κ1) is 9.90. The average molecular weight is 221 g/mol. The third-order valence-electron chi connectivity index (χ3n) is 0.796. The molecule has 0 radical (unpaired) electrons. The average Bonchev–Trinajstić information content (AvgIpc) is 1.87. The van der Waals surface area contributed by atoms with E-state index in [1.807, 2.05) is 0 Å². The Morgan fingerprint density at radius 1 is 1.18 bits per heavy atom. The second-order valence-corrected chi connectivity index (χ2v) is 2.04. The minimum atomic E-state index is -1.46. The van der Waals surface area contributed by atoms with E-state index in [9.17, 15) is 9.59 Å². The first-order valence-corrected chi connectivity index (χ1v) is 3.44. The fraction of sp³-hybridized carbons (Fsp3) is 0. The summed E-state index contributed by atoms with van der Waals surface area (Å²) in [6.07, 6.45) is 2.26. The van der Waals surface area contributed by atoms with E-state index in [4.69, 9.17) is 10.2 Å². The highest BCUT2D eigenvalue weighted by atomic mass is 79.9. The summed E-state index contributed by atoms with van der Waals surface area (Å²) in [5.74, 6) is -2.91. The minimum Gasteiger partial charge on any atom is -0.477 e. The van der Waals surface area contributed by atoms with E-state index in [0.29, 0.717) is 0 Å². The van der Waals surface area contributed by atoms with Crippen molar-refractivity contribution in [1.82, 2.24) is 0 Å². The van der Waals surface area contributed by atoms with E-state index >= 15 is 0 Å². The third kappa shape index (κ3) is 3.57. The zero-order valence-electron chi connectivity index (χ0n) is 5.32. The Kier molecular flexibility index (Phi) is 4.21. The summed E-state index contributed by atoms with van der Waals surface area (Å²) in [5, 5.41) is 16.5. The molecule has 60 valence electrons. The van der Waals surface area contributed by atoms with Crippen molar-refractivity contribution in [2.45, 2.75) is 0 Å². The Bertz CT molecular complexity index is 213. The lowest BCUT2D eigenvalue weighted by molar-refractivity contribution is -0.140. The molecule has 4 nitrogen and oxygen atoms in total. The van der Waals surface area contributed by atoms with Crippen molar-refractivity contribution in [3.8, 4) is 0 Å². The molecule has 0 fully saturated rings. The van der Waals surface area contributed by atoms with E-state index in [1.165, 1.54) is 11.1 Å². The number of carboxylic acids is 2. The van der Waals surface area contributed by atoms with Crippen LogP contribution in [0.15, 0.2) is 22.7 Å². The fourth-order valence-electron chi connectivity index (χ4n) is 0.367. The van der Waals surface area contributed by atoms with Crippen LogP contribution >= 0.6 is 15.9 Å². The molecule has 0 spiro atoms. The van der Waals surface area contributed by atoms with E-state index in [-0.39, 0.29) is 0 Å². The molecule has 0 bridgehead atoms. The zero-order chi connectivity index (χ0) is 8.85. The molecular formula is C6H5BrO4. The number of hydrogen-bond donors (Lipinski definition) is 2. The smallest absolute Gasteiger partial charge is 0.343 e. The van der Waals surface area contributed by atoms with E-state index in [0.717, 1.165) is 6.08 Å². The van der Waals surface area contributed by atoms with Gasteiger partial charge in [-0.25, -0.2) is 9.59 Å². The summed E-state index contributed by atoms with van der Waals surface area (Å²) in [6.45, 7) is 0. The largest absolute Gasteiger partial charge is 0.477 e. The zero-order valence-corrected chi connectivity index (χ0v) is 6.91. The van der Waals surface area contributed by atoms with Gasteiger partial charge in [0.15, 0.2) is 0 Å². The van der Waals surface area contributed by atoms with E-state index in [1.54, 1.807) is 0 Å². The highest BCUT2D eigenvalue weighted by molar-refractivity contribution is 9.11. The molecule has 0 aromatic heterocycles. The molecule has 0 amide bonds. The van der Waals surface area contributed by atoms with Crippen molar-refractivity contribution in [2.75, 3.05) is 0 Å². The molecule has 0 aliphatic carbocycles. The van der Waals surface area contributed by atoms with Gasteiger partial charge in [-0.2, -0.15) is 0 Å². The first-order chi connectivity index (χ1) is 5.09. The van der Waals surface area contributed by atoms with Crippen LogP contribution in [-0.2, 0) is 9.59 Å². The summed E-state index contributed by atoms with van der Waals surface area (Å²) >= 11 is 2.87. The predicted octanol–water partition coefficient (Wildman–Crippen LogP) is 0.991. The highest BCUT2D eigenvalue weighted by Gasteiger charge is 2.13. The van der Waals surface area contributed by atoms with Gasteiger partial charge in [0.2, 0.25) is 0 Å². The van der Waals surface area contributed by atoms with Crippen LogP contribution in [0.4, 0.5) is 0 Å². The summed E-state index contributed by atoms with van der Waals surface area (Å²) in [6, 6.07) is 0. The first-order valence-electron chi connectivity index (χ1n) is 2.53. The summed E-state index contributed by atoms with van der Waals surface area (Å²) in [7, 11) is 0. The molecule has 0 heterocycles. The van der Waals surface area contributed by atoms with Crippen LogP contribution in [0, 0.1) is 0 Å². The standard InChI is InChI=1S/C6H5BrO4/c7-3-1-2-4(5(8)9)6(10)11/h1-3H,(H,8,9)(H,10,11)/b3-1-. The molecule has 0 aliphatic heterocycles. The number of carboxylic acid groups (broad SMARTS) is 2. The van der Waals surface area contributed by atoms with Crippen molar-refractivity contribution in [2.24, 2.45) is 0 Å². The Balaban J connectivity index is 4.60. The van der Waals surface area contributed by atoms with Gasteiger partial charge in [-0.05, 0) is 11.1 Å². The van der Waals surface area contributed by atoms with Gasteiger partial charge < -0.3 is 10.2 Å². The van der Waals surface area contributed by atoms with Crippen LogP contribution in [0.5, 0.6) is 0 Å². The van der Waals surface area contributed by atoms with Crippen molar-refractivity contribution < 1.29 is 19.8 Å². The van der Waals surface area contributed by atoms with Crippen LogP contribution in [-0.4, -0.2) is 22.2 Å². The van der Waals surface area contributed by atoms with Crippen LogP contribution in [0.3, 0.4) is 0 Å². The molecule has 11 heavy (non-hydrogen) atoms. The Morgan fingerprint density at radius 2 is 1.64 bits per heavy atom. The minimum absolute atomic E-state index is 0.666. The summed E-state index contributed by atoms with van der Waals surface area (Å²) in [4.78, 5) is 21.7. The van der Waals surface area contributed by atoms with E-state index in [2.05, 4.69) is 15.9 Å². The molecule has 0 saturated carbocycles. The van der Waals surface area contributed by atoms with Crippen LogP contribution in [0.2, 0.25) is 0 Å². The molecule has 0 saturated heterocycles. The summed E-state index contributed by atoms with van der Waals surface area (Å²) in [5.41, 5.74) is -0.666. The van der Waals surface area contributed by atoms with Gasteiger partial charge in [0, 0.05) is 0 Å². The molecular weight excluding hydrogens is 216 g/mol. The molecule has 0 unspecified atom stereocenters. The molecule has 0 aliphatic rings. The number of allylic oxidation sites excluding steroid dienone is 2. The normalized spacial score (nSPS) is 9.55. The fourth-order valence-corrected chi connectivity index (χ4v) is 0.519. The van der Waals surface area contributed by atoms with E-state index < -0.39 is 17.5 Å². The maximum Gasteiger partial charge on any atom is 0.343 e. The van der Waals surface area contributed by atoms with Crippen LogP contribution in [0.25, 0.3) is 0 Å². The van der Waals surface area contributed by atoms with Gasteiger partial charge in [0.25, 0.3) is 0 Å². The number of rotatable bonds is 3. The molecule has 0 aromatic rings. The molecule has 2 N–H and O–H groups in total. The van der Waals surface area contributed by atoms with Crippen LogP contribution < -0.4 is 0 Å². The van der Waals surface area contributed by atoms with Crippen molar-refractivity contribution in [3.63, 3.8) is 0 Å². The Labute approximate surface area is 71.0 Å². The number of hydrogen-bond acceptors (Lipinski definition) is 2. The summed E-state index contributed by atoms with van der Waals surface area (Å²) < 4.78 is 0. The van der Waals surface area contributed by atoms with Gasteiger partial charge >= 0.3 is 11.9 Å². The topological polar surface area (TPSA) is 74.6 Å². The van der Waals surface area contributed by atoms with Crippen molar-refractivity contribution >= 4 is 27.9 Å². The van der Waals surface area contributed by atoms with Crippen molar-refractivity contribution in [3.05, 3.63) is 22.7 Å². The lowest BCUT2D eigenvalue weighted by Crippen LogP contribution is -2.10. The number of aliphatic carboxylic acids is 2. The predicted molar refractivity (Wildman–Crippen MR) is 41.4 cm³/mol.